The molecule has 6 heteroatoms. The molecule has 138 valence electrons. The average molecular weight is 358 g/mol. The van der Waals surface area contributed by atoms with Crippen LogP contribution in [0.1, 0.15) is 36.8 Å². The highest BCUT2D eigenvalue weighted by atomic mass is 19.1. The van der Waals surface area contributed by atoms with Crippen LogP contribution < -0.4 is 10.6 Å². The third-order valence-corrected chi connectivity index (χ3v) is 5.48. The minimum absolute atomic E-state index is 0.242. The highest BCUT2D eigenvalue weighted by Gasteiger charge is 2.31. The Balaban J connectivity index is 1.58. The third kappa shape index (κ3) is 3.71. The van der Waals surface area contributed by atoms with Gasteiger partial charge in [0, 0.05) is 30.7 Å². The number of nitrogens with two attached hydrogens (primary N) is 1. The van der Waals surface area contributed by atoms with E-state index in [-0.39, 0.29) is 11.6 Å². The summed E-state index contributed by atoms with van der Waals surface area (Å²) < 4.78 is 27.0. The van der Waals surface area contributed by atoms with Crippen LogP contribution in [0.15, 0.2) is 36.5 Å². The lowest BCUT2D eigenvalue weighted by atomic mass is 9.90. The van der Waals surface area contributed by atoms with Crippen molar-refractivity contribution in [2.24, 2.45) is 5.73 Å². The molecule has 2 aromatic rings. The molecule has 2 aliphatic rings. The van der Waals surface area contributed by atoms with E-state index in [0.29, 0.717) is 25.2 Å². The van der Waals surface area contributed by atoms with Crippen LogP contribution >= 0.6 is 0 Å². The minimum Gasteiger partial charge on any atom is -0.339 e. The summed E-state index contributed by atoms with van der Waals surface area (Å²) in [5.74, 6) is 0.269. The Hall–Kier alpha value is -2.05. The van der Waals surface area contributed by atoms with Gasteiger partial charge in [-0.1, -0.05) is 12.1 Å². The van der Waals surface area contributed by atoms with E-state index in [2.05, 4.69) is 14.8 Å². The van der Waals surface area contributed by atoms with Gasteiger partial charge in [-0.15, -0.1) is 0 Å². The maximum Gasteiger partial charge on any atom is 0.141 e. The van der Waals surface area contributed by atoms with E-state index in [1.165, 1.54) is 18.3 Å². The molecule has 4 nitrogen and oxygen atoms in total. The fraction of sp³-hybridized carbons (Fsp3) is 0.450. The van der Waals surface area contributed by atoms with Gasteiger partial charge >= 0.3 is 0 Å². The van der Waals surface area contributed by atoms with E-state index in [1.807, 2.05) is 0 Å². The molecule has 0 radical (unpaired) electrons. The van der Waals surface area contributed by atoms with E-state index in [9.17, 15) is 8.78 Å². The van der Waals surface area contributed by atoms with Crippen LogP contribution in [0, 0.1) is 11.6 Å². The largest absolute Gasteiger partial charge is 0.339 e. The summed E-state index contributed by atoms with van der Waals surface area (Å²) in [5.41, 5.74) is 7.97. The summed E-state index contributed by atoms with van der Waals surface area (Å²) in [7, 11) is 0. The molecule has 1 aromatic carbocycles. The molecule has 26 heavy (non-hydrogen) atoms. The lowest BCUT2D eigenvalue weighted by Crippen LogP contribution is -2.49. The molecule has 0 saturated heterocycles. The number of pyridine rings is 1. The number of anilines is 1. The number of halogens is 2. The van der Waals surface area contributed by atoms with Gasteiger partial charge < -0.3 is 10.6 Å². The van der Waals surface area contributed by atoms with Crippen molar-refractivity contribution in [3.8, 4) is 0 Å². The zero-order valence-electron chi connectivity index (χ0n) is 14.7. The molecule has 0 amide bonds. The first-order valence-electron chi connectivity index (χ1n) is 9.22. The maximum absolute atomic E-state index is 13.8. The predicted molar refractivity (Wildman–Crippen MR) is 97.4 cm³/mol. The summed E-state index contributed by atoms with van der Waals surface area (Å²) in [5, 5.41) is 0. The van der Waals surface area contributed by atoms with E-state index in [4.69, 9.17) is 5.73 Å². The first-order chi connectivity index (χ1) is 12.6. The highest BCUT2D eigenvalue weighted by Crippen LogP contribution is 2.32. The fourth-order valence-electron chi connectivity index (χ4n) is 4.08. The monoisotopic (exact) mass is 358 g/mol. The highest BCUT2D eigenvalue weighted by molar-refractivity contribution is 5.49. The number of benzene rings is 1. The lowest BCUT2D eigenvalue weighted by Gasteiger charge is -2.43. The van der Waals surface area contributed by atoms with E-state index in [1.54, 1.807) is 18.2 Å². The van der Waals surface area contributed by atoms with Gasteiger partial charge in [-0.05, 0) is 49.4 Å². The summed E-state index contributed by atoms with van der Waals surface area (Å²) in [6, 6.07) is 8.87. The molecule has 0 spiro atoms. The molecule has 1 aromatic heterocycles. The minimum atomic E-state index is -0.307. The van der Waals surface area contributed by atoms with Crippen molar-refractivity contribution in [1.29, 1.82) is 0 Å². The molecule has 2 heterocycles. The standard InChI is InChI=1S/C20H24F2N4/c21-16-3-1-14(2-4-16)11-26-13-25(19-7-5-18(23)6-8-19)12-15-9-17(22)10-24-20(15)26/h1-4,9-10,18-19H,5-8,11-13,23H2. The van der Waals surface area contributed by atoms with Crippen LogP contribution in [-0.2, 0) is 13.1 Å². The molecule has 0 bridgehead atoms. The molecule has 1 aliphatic heterocycles. The van der Waals surface area contributed by atoms with Gasteiger partial charge in [0.15, 0.2) is 0 Å². The van der Waals surface area contributed by atoms with E-state index in [0.717, 1.165) is 49.3 Å². The molecule has 0 unspecified atom stereocenters. The van der Waals surface area contributed by atoms with Gasteiger partial charge in [0.05, 0.1) is 12.9 Å². The normalized spacial score (nSPS) is 23.7. The molecule has 0 atom stereocenters. The van der Waals surface area contributed by atoms with Crippen molar-refractivity contribution in [1.82, 2.24) is 9.88 Å². The van der Waals surface area contributed by atoms with Crippen LogP contribution in [0.5, 0.6) is 0 Å². The zero-order valence-corrected chi connectivity index (χ0v) is 14.7. The number of rotatable bonds is 3. The Labute approximate surface area is 152 Å². The quantitative estimate of drug-likeness (QED) is 0.913. The van der Waals surface area contributed by atoms with Gasteiger partial charge in [0.2, 0.25) is 0 Å². The smallest absolute Gasteiger partial charge is 0.141 e. The summed E-state index contributed by atoms with van der Waals surface area (Å²) in [4.78, 5) is 8.89. The van der Waals surface area contributed by atoms with Crippen LogP contribution in [0.25, 0.3) is 0 Å². The Kier molecular flexibility index (Phi) is 4.87. The first kappa shape index (κ1) is 17.4. The van der Waals surface area contributed by atoms with Crippen molar-refractivity contribution in [3.63, 3.8) is 0 Å². The topological polar surface area (TPSA) is 45.4 Å². The van der Waals surface area contributed by atoms with Gasteiger partial charge in [0.25, 0.3) is 0 Å². The second kappa shape index (κ2) is 7.29. The van der Waals surface area contributed by atoms with Crippen molar-refractivity contribution in [3.05, 3.63) is 59.3 Å². The fourth-order valence-corrected chi connectivity index (χ4v) is 4.08. The van der Waals surface area contributed by atoms with Crippen molar-refractivity contribution in [2.75, 3.05) is 11.6 Å². The van der Waals surface area contributed by atoms with Crippen molar-refractivity contribution in [2.45, 2.75) is 50.9 Å². The second-order valence-corrected chi connectivity index (χ2v) is 7.42. The van der Waals surface area contributed by atoms with Crippen LogP contribution in [-0.4, -0.2) is 28.6 Å². The first-order valence-corrected chi connectivity index (χ1v) is 9.22. The van der Waals surface area contributed by atoms with Gasteiger partial charge in [-0.2, -0.15) is 0 Å². The molecule has 1 fully saturated rings. The molecular formula is C20H24F2N4. The predicted octanol–water partition coefficient (Wildman–Crippen LogP) is 3.41. The Bertz CT molecular complexity index is 757. The Morgan fingerprint density at radius 2 is 1.77 bits per heavy atom. The van der Waals surface area contributed by atoms with E-state index < -0.39 is 0 Å². The summed E-state index contributed by atoms with van der Waals surface area (Å²) in [6.07, 6.45) is 5.49. The van der Waals surface area contributed by atoms with Crippen LogP contribution in [0.3, 0.4) is 0 Å². The maximum atomic E-state index is 13.8. The lowest BCUT2D eigenvalue weighted by molar-refractivity contribution is 0.133. The number of hydrogen-bond acceptors (Lipinski definition) is 4. The Morgan fingerprint density at radius 1 is 1.04 bits per heavy atom. The number of nitrogens with zero attached hydrogens (tertiary/aromatic N) is 3. The Morgan fingerprint density at radius 3 is 2.50 bits per heavy atom. The van der Waals surface area contributed by atoms with Crippen LogP contribution in [0.4, 0.5) is 14.6 Å². The SMILES string of the molecule is NC1CCC(N2Cc3cc(F)cnc3N(Cc3ccc(F)cc3)C2)CC1. The van der Waals surface area contributed by atoms with Crippen molar-refractivity contribution >= 4 is 5.82 Å². The molecule has 2 N–H and O–H groups in total. The number of aromatic nitrogens is 1. The second-order valence-electron chi connectivity index (χ2n) is 7.42. The van der Waals surface area contributed by atoms with Gasteiger partial charge in [0.1, 0.15) is 17.5 Å². The van der Waals surface area contributed by atoms with Crippen LogP contribution in [0.2, 0.25) is 0 Å². The van der Waals surface area contributed by atoms with Crippen molar-refractivity contribution < 1.29 is 8.78 Å². The molecule has 1 saturated carbocycles. The third-order valence-electron chi connectivity index (χ3n) is 5.48. The summed E-state index contributed by atoms with van der Waals surface area (Å²) >= 11 is 0. The summed E-state index contributed by atoms with van der Waals surface area (Å²) in [6.45, 7) is 2.07. The van der Waals surface area contributed by atoms with Gasteiger partial charge in [-0.3, -0.25) is 4.90 Å². The van der Waals surface area contributed by atoms with Gasteiger partial charge in [-0.25, -0.2) is 13.8 Å². The zero-order chi connectivity index (χ0) is 18.1. The average Bonchev–Trinajstić information content (AvgIpc) is 2.63. The molecule has 4 rings (SSSR count). The molecular weight excluding hydrogens is 334 g/mol. The van der Waals surface area contributed by atoms with E-state index >= 15 is 0 Å². The molecule has 1 aliphatic carbocycles. The number of hydrogen-bond donors (Lipinski definition) is 1. The number of fused-ring (bicyclic) bond motifs is 1.